The quantitative estimate of drug-likeness (QED) is 0.525. The molecule has 1 atom stereocenters. The van der Waals surface area contributed by atoms with E-state index in [9.17, 15) is 4.79 Å². The number of aromatic amines is 1. The minimum atomic E-state index is -0.443. The highest BCUT2D eigenvalue weighted by Gasteiger charge is 2.20. The number of amides is 1. The number of carbonyl (C=O) groups is 1. The van der Waals surface area contributed by atoms with Gasteiger partial charge in [-0.15, -0.1) is 16.9 Å². The number of hydrogen-bond acceptors (Lipinski definition) is 5. The van der Waals surface area contributed by atoms with Crippen molar-refractivity contribution in [3.05, 3.63) is 6.20 Å². The molecule has 0 aliphatic heterocycles. The number of nitrogens with zero attached hydrogens (tertiary/aromatic N) is 2. The predicted molar refractivity (Wildman–Crippen MR) is 72.2 cm³/mol. The van der Waals surface area contributed by atoms with Gasteiger partial charge in [0.1, 0.15) is 5.03 Å². The largest absolute Gasteiger partial charge is 0.354 e. The Balaban J connectivity index is 2.16. The van der Waals surface area contributed by atoms with E-state index in [1.54, 1.807) is 6.20 Å². The van der Waals surface area contributed by atoms with Crippen LogP contribution >= 0.6 is 11.8 Å². The first-order valence-electron chi connectivity index (χ1n) is 5.90. The first-order chi connectivity index (χ1) is 8.38. The Hall–Kier alpha value is -1.08. The Labute approximate surface area is 111 Å². The Morgan fingerprint density at radius 2 is 2.33 bits per heavy atom. The number of carbonyl (C=O) groups excluding carboxylic acids is 1. The molecule has 0 radical (unpaired) electrons. The van der Waals surface area contributed by atoms with E-state index in [1.807, 2.05) is 0 Å². The molecular weight excluding hydrogens is 250 g/mol. The van der Waals surface area contributed by atoms with Crippen LogP contribution in [0.15, 0.2) is 11.2 Å². The van der Waals surface area contributed by atoms with E-state index in [0.717, 1.165) is 10.8 Å². The summed E-state index contributed by atoms with van der Waals surface area (Å²) in [5.41, 5.74) is 5.90. The number of aromatic nitrogens is 3. The molecule has 0 aromatic carbocycles. The monoisotopic (exact) mass is 271 g/mol. The summed E-state index contributed by atoms with van der Waals surface area (Å²) in [5.74, 6) is 0.659. The van der Waals surface area contributed by atoms with Crippen LogP contribution in [0.2, 0.25) is 0 Å². The maximum atomic E-state index is 11.7. The minimum Gasteiger partial charge on any atom is -0.354 e. The Morgan fingerprint density at radius 1 is 1.61 bits per heavy atom. The lowest BCUT2D eigenvalue weighted by Gasteiger charge is -2.22. The Kier molecular flexibility index (Phi) is 5.61. The van der Waals surface area contributed by atoms with Gasteiger partial charge in [-0.3, -0.25) is 4.79 Å². The summed E-state index contributed by atoms with van der Waals surface area (Å²) in [7, 11) is 0. The van der Waals surface area contributed by atoms with Gasteiger partial charge in [-0.1, -0.05) is 20.8 Å². The van der Waals surface area contributed by atoms with E-state index in [-0.39, 0.29) is 11.3 Å². The van der Waals surface area contributed by atoms with Crippen LogP contribution in [0.1, 0.15) is 27.2 Å². The molecule has 0 saturated heterocycles. The summed E-state index contributed by atoms with van der Waals surface area (Å²) in [4.78, 5) is 11.7. The zero-order valence-corrected chi connectivity index (χ0v) is 11.9. The highest BCUT2D eigenvalue weighted by Crippen LogP contribution is 2.19. The third-order valence-electron chi connectivity index (χ3n) is 2.21. The number of nitrogens with one attached hydrogen (secondary N) is 2. The van der Waals surface area contributed by atoms with E-state index in [4.69, 9.17) is 5.73 Å². The smallest absolute Gasteiger partial charge is 0.236 e. The van der Waals surface area contributed by atoms with Gasteiger partial charge in [-0.25, -0.2) is 0 Å². The van der Waals surface area contributed by atoms with Gasteiger partial charge in [0.2, 0.25) is 5.91 Å². The van der Waals surface area contributed by atoms with Crippen LogP contribution in [-0.2, 0) is 4.79 Å². The fourth-order valence-electron chi connectivity index (χ4n) is 1.47. The van der Waals surface area contributed by atoms with E-state index < -0.39 is 6.04 Å². The number of nitrogens with two attached hydrogens (primary N) is 1. The molecule has 1 aromatic rings. The van der Waals surface area contributed by atoms with Crippen LogP contribution in [0.25, 0.3) is 0 Å². The number of H-pyrrole nitrogens is 1. The first-order valence-corrected chi connectivity index (χ1v) is 6.89. The molecule has 0 bridgehead atoms. The molecule has 0 fully saturated rings. The maximum Gasteiger partial charge on any atom is 0.236 e. The van der Waals surface area contributed by atoms with Crippen molar-refractivity contribution in [1.82, 2.24) is 20.7 Å². The highest BCUT2D eigenvalue weighted by atomic mass is 32.2. The number of rotatable bonds is 6. The molecule has 0 aliphatic carbocycles. The zero-order chi connectivity index (χ0) is 13.6. The fourth-order valence-corrected chi connectivity index (χ4v) is 2.12. The molecule has 6 nitrogen and oxygen atoms in total. The number of thioether (sulfide) groups is 1. The van der Waals surface area contributed by atoms with Gasteiger partial charge in [0.15, 0.2) is 0 Å². The lowest BCUT2D eigenvalue weighted by atomic mass is 9.88. The van der Waals surface area contributed by atoms with E-state index in [0.29, 0.717) is 13.0 Å². The second-order valence-corrected chi connectivity index (χ2v) is 6.43. The summed E-state index contributed by atoms with van der Waals surface area (Å²) < 4.78 is 0. The third-order valence-corrected chi connectivity index (χ3v) is 3.11. The van der Waals surface area contributed by atoms with Crippen LogP contribution in [-0.4, -0.2) is 39.7 Å². The van der Waals surface area contributed by atoms with Crippen LogP contribution < -0.4 is 11.1 Å². The van der Waals surface area contributed by atoms with Gasteiger partial charge in [-0.2, -0.15) is 10.3 Å². The summed E-state index contributed by atoms with van der Waals surface area (Å²) in [6, 6.07) is -0.443. The maximum absolute atomic E-state index is 11.7. The summed E-state index contributed by atoms with van der Waals surface area (Å²) >= 11 is 1.53. The molecule has 7 heteroatoms. The van der Waals surface area contributed by atoms with Crippen molar-refractivity contribution in [2.24, 2.45) is 11.1 Å². The Bertz CT molecular complexity index is 360. The molecular formula is C11H21N5OS. The van der Waals surface area contributed by atoms with Crippen molar-refractivity contribution in [3.63, 3.8) is 0 Å². The SMILES string of the molecule is CC(C)(C)C[C@@H](N)C(=O)NCCSc1cn[nH]n1. The van der Waals surface area contributed by atoms with Crippen LogP contribution in [0.5, 0.6) is 0 Å². The van der Waals surface area contributed by atoms with Gasteiger partial charge in [-0.05, 0) is 11.8 Å². The molecule has 0 saturated carbocycles. The van der Waals surface area contributed by atoms with Crippen molar-refractivity contribution < 1.29 is 4.79 Å². The topological polar surface area (TPSA) is 96.7 Å². The zero-order valence-electron chi connectivity index (χ0n) is 11.1. The lowest BCUT2D eigenvalue weighted by molar-refractivity contribution is -0.122. The molecule has 1 amide bonds. The van der Waals surface area contributed by atoms with Gasteiger partial charge in [0, 0.05) is 12.3 Å². The normalized spacial score (nSPS) is 13.3. The molecule has 0 spiro atoms. The lowest BCUT2D eigenvalue weighted by Crippen LogP contribution is -2.43. The summed E-state index contributed by atoms with van der Waals surface area (Å²) in [6.45, 7) is 6.79. The average Bonchev–Trinajstić information content (AvgIpc) is 2.74. The molecule has 1 rings (SSSR count). The van der Waals surface area contributed by atoms with Gasteiger partial charge in [0.05, 0.1) is 12.2 Å². The molecule has 102 valence electrons. The predicted octanol–water partition coefficient (Wildman–Crippen LogP) is 0.776. The fraction of sp³-hybridized carbons (Fsp3) is 0.727. The molecule has 0 aliphatic rings. The van der Waals surface area contributed by atoms with E-state index in [2.05, 4.69) is 41.5 Å². The van der Waals surface area contributed by atoms with Crippen molar-refractivity contribution in [2.45, 2.75) is 38.3 Å². The van der Waals surface area contributed by atoms with Gasteiger partial charge < -0.3 is 11.1 Å². The second kappa shape index (κ2) is 6.75. The number of hydrogen-bond donors (Lipinski definition) is 3. The third kappa shape index (κ3) is 6.02. The molecule has 18 heavy (non-hydrogen) atoms. The van der Waals surface area contributed by atoms with Crippen molar-refractivity contribution >= 4 is 17.7 Å². The molecule has 4 N–H and O–H groups in total. The minimum absolute atomic E-state index is 0.0617. The van der Waals surface area contributed by atoms with Crippen molar-refractivity contribution in [2.75, 3.05) is 12.3 Å². The highest BCUT2D eigenvalue weighted by molar-refractivity contribution is 7.99. The first kappa shape index (κ1) is 15.0. The molecule has 1 heterocycles. The Morgan fingerprint density at radius 3 is 2.89 bits per heavy atom. The van der Waals surface area contributed by atoms with Crippen LogP contribution in [0.4, 0.5) is 0 Å². The van der Waals surface area contributed by atoms with E-state index in [1.165, 1.54) is 11.8 Å². The standard InChI is InChI=1S/C11H21N5OS/c1-11(2,3)6-8(12)10(17)13-4-5-18-9-7-14-16-15-9/h7-8H,4-6,12H2,1-3H3,(H,13,17)(H,14,15,16)/t8-/m1/s1. The van der Waals surface area contributed by atoms with E-state index >= 15 is 0 Å². The van der Waals surface area contributed by atoms with Gasteiger partial charge in [0.25, 0.3) is 0 Å². The molecule has 0 unspecified atom stereocenters. The van der Waals surface area contributed by atoms with Crippen LogP contribution in [0.3, 0.4) is 0 Å². The average molecular weight is 271 g/mol. The van der Waals surface area contributed by atoms with Crippen molar-refractivity contribution in [3.8, 4) is 0 Å². The summed E-state index contributed by atoms with van der Waals surface area (Å²) in [5, 5.41) is 13.8. The molecule has 1 aromatic heterocycles. The second-order valence-electron chi connectivity index (χ2n) is 5.32. The van der Waals surface area contributed by atoms with Crippen molar-refractivity contribution in [1.29, 1.82) is 0 Å². The summed E-state index contributed by atoms with van der Waals surface area (Å²) in [6.07, 6.45) is 2.33. The van der Waals surface area contributed by atoms with Crippen LogP contribution in [0, 0.1) is 5.41 Å². The van der Waals surface area contributed by atoms with Gasteiger partial charge >= 0.3 is 0 Å².